The molecule has 3 aromatic heterocycles. The first-order chi connectivity index (χ1) is 19.7. The number of aromatic nitrogens is 4. The van der Waals surface area contributed by atoms with Gasteiger partial charge in [0.1, 0.15) is 6.07 Å². The Morgan fingerprint density at radius 2 is 1.90 bits per heavy atom. The molecule has 3 atom stereocenters. The maximum absolute atomic E-state index is 13.5. The van der Waals surface area contributed by atoms with Crippen molar-refractivity contribution in [3.63, 3.8) is 0 Å². The number of aryl methyl sites for hydroxylation is 1. The van der Waals surface area contributed by atoms with Crippen molar-refractivity contribution >= 4 is 61.2 Å². The second-order valence-electron chi connectivity index (χ2n) is 10.5. The Morgan fingerprint density at radius 1 is 1.20 bits per heavy atom. The smallest absolute Gasteiger partial charge is 0.323 e. The largest absolute Gasteiger partial charge is 0.370 e. The van der Waals surface area contributed by atoms with Gasteiger partial charge in [0, 0.05) is 55.5 Å². The number of rotatable bonds is 6. The first-order valence-electron chi connectivity index (χ1n) is 13.1. The highest BCUT2D eigenvalue weighted by Gasteiger charge is 2.44. The van der Waals surface area contributed by atoms with Crippen molar-refractivity contribution in [1.29, 1.82) is 5.26 Å². The minimum atomic E-state index is -3.87. The number of carbonyl (C=O) groups is 1. The summed E-state index contributed by atoms with van der Waals surface area (Å²) in [7, 11) is -1.91. The van der Waals surface area contributed by atoms with Crippen LogP contribution in [0.15, 0.2) is 52.8 Å². The van der Waals surface area contributed by atoms with Gasteiger partial charge in [0.05, 0.1) is 16.1 Å². The number of fused-ring (bicyclic) bond motifs is 2. The first-order valence-corrected chi connectivity index (χ1v) is 16.5. The van der Waals surface area contributed by atoms with Gasteiger partial charge in [-0.15, -0.1) is 0 Å². The van der Waals surface area contributed by atoms with E-state index in [0.29, 0.717) is 51.9 Å². The third-order valence-corrected chi connectivity index (χ3v) is 11.0. The van der Waals surface area contributed by atoms with E-state index < -0.39 is 10.0 Å². The molecule has 0 spiro atoms. The Hall–Kier alpha value is -3.67. The average Bonchev–Trinajstić information content (AvgIpc) is 3.75. The molecule has 11 nitrogen and oxygen atoms in total. The zero-order chi connectivity index (χ0) is 28.9. The molecule has 2 fully saturated rings. The van der Waals surface area contributed by atoms with Crippen molar-refractivity contribution in [2.45, 2.75) is 35.9 Å². The lowest BCUT2D eigenvalue weighted by atomic mass is 10.0. The SMILES string of the molecule is CSc1nsc(NC(=O)N2C[C@H]3C[C@H](N(C)c4c(C#N)cnc5c4ccn5S(=O)(=O)c4ccc(C)cc4)C[C@H]3C2)n1. The summed E-state index contributed by atoms with van der Waals surface area (Å²) in [5, 5.41) is 14.5. The van der Waals surface area contributed by atoms with Crippen LogP contribution in [-0.4, -0.2) is 70.1 Å². The van der Waals surface area contributed by atoms with E-state index in [1.165, 1.54) is 39.7 Å². The minimum absolute atomic E-state index is 0.136. The summed E-state index contributed by atoms with van der Waals surface area (Å²) in [4.78, 5) is 25.7. The lowest BCUT2D eigenvalue weighted by Gasteiger charge is -2.29. The number of nitrogens with zero attached hydrogens (tertiary/aromatic N) is 7. The van der Waals surface area contributed by atoms with Gasteiger partial charge in [0.25, 0.3) is 10.0 Å². The molecule has 0 unspecified atom stereocenters. The van der Waals surface area contributed by atoms with E-state index in [1.54, 1.807) is 30.3 Å². The van der Waals surface area contributed by atoms with E-state index in [0.717, 1.165) is 18.4 Å². The number of thioether (sulfide) groups is 1. The number of urea groups is 1. The molecule has 1 N–H and O–H groups in total. The fourth-order valence-electron chi connectivity index (χ4n) is 5.98. The first kappa shape index (κ1) is 27.5. The molecule has 14 heteroatoms. The van der Waals surface area contributed by atoms with Crippen LogP contribution in [0.4, 0.5) is 15.6 Å². The van der Waals surface area contributed by atoms with E-state index in [1.807, 2.05) is 25.1 Å². The molecule has 1 aliphatic heterocycles. The Labute approximate surface area is 246 Å². The molecule has 1 aromatic carbocycles. The maximum Gasteiger partial charge on any atom is 0.323 e. The Morgan fingerprint density at radius 3 is 2.54 bits per heavy atom. The van der Waals surface area contributed by atoms with Gasteiger partial charge >= 0.3 is 6.03 Å². The van der Waals surface area contributed by atoms with E-state index in [9.17, 15) is 18.5 Å². The summed E-state index contributed by atoms with van der Waals surface area (Å²) < 4.78 is 32.3. The predicted octanol–water partition coefficient (Wildman–Crippen LogP) is 4.41. The highest BCUT2D eigenvalue weighted by molar-refractivity contribution is 7.98. The molecular weight excluding hydrogens is 581 g/mol. The number of nitrogens with one attached hydrogen (secondary N) is 1. The van der Waals surface area contributed by atoms with Gasteiger partial charge in [0.2, 0.25) is 10.3 Å². The van der Waals surface area contributed by atoms with Crippen LogP contribution in [0.3, 0.4) is 0 Å². The topological polar surface area (TPSA) is 137 Å². The molecular formula is C27H28N8O3S3. The second-order valence-corrected chi connectivity index (χ2v) is 13.8. The van der Waals surface area contributed by atoms with Crippen LogP contribution in [0.2, 0.25) is 0 Å². The molecule has 1 saturated carbocycles. The van der Waals surface area contributed by atoms with E-state index in [4.69, 9.17) is 0 Å². The molecule has 212 valence electrons. The highest BCUT2D eigenvalue weighted by Crippen LogP contribution is 2.43. The summed E-state index contributed by atoms with van der Waals surface area (Å²) in [5.74, 6) is 0.664. The lowest BCUT2D eigenvalue weighted by Crippen LogP contribution is -2.36. The van der Waals surface area contributed by atoms with Crippen LogP contribution in [0.5, 0.6) is 0 Å². The summed E-state index contributed by atoms with van der Waals surface area (Å²) in [6.45, 7) is 3.20. The number of benzene rings is 1. The van der Waals surface area contributed by atoms with Crippen LogP contribution in [0, 0.1) is 30.1 Å². The molecule has 2 amide bonds. The van der Waals surface area contributed by atoms with E-state index >= 15 is 0 Å². The standard InChI is InChI=1S/C27H28N8O3S3/c1-16-4-6-21(7-5-16)41(37,38)35-9-8-22-23(19(12-28)13-29-24(22)35)33(2)20-10-17-14-34(15-18(17)11-20)27(36)31-25-30-26(39-3)32-40-25/h4-9,13,17-18,20H,10-11,14-15H2,1-3H3,(H,30,31,32,36)/t17-,18+,20+. The monoisotopic (exact) mass is 608 g/mol. The van der Waals surface area contributed by atoms with Crippen molar-refractivity contribution in [3.05, 3.63) is 53.9 Å². The van der Waals surface area contributed by atoms with Crippen molar-refractivity contribution in [2.75, 3.05) is 36.6 Å². The number of amides is 2. The minimum Gasteiger partial charge on any atom is -0.370 e. The quantitative estimate of drug-likeness (QED) is 0.316. The van der Waals surface area contributed by atoms with Crippen molar-refractivity contribution in [3.8, 4) is 6.07 Å². The number of anilines is 2. The summed E-state index contributed by atoms with van der Waals surface area (Å²) in [5.41, 5.74) is 2.32. The fourth-order valence-corrected chi connectivity index (χ4v) is 8.39. The number of hydrogen-bond acceptors (Lipinski definition) is 10. The lowest BCUT2D eigenvalue weighted by molar-refractivity contribution is 0.218. The van der Waals surface area contributed by atoms with Crippen LogP contribution < -0.4 is 10.2 Å². The molecule has 1 aliphatic carbocycles. The van der Waals surface area contributed by atoms with Gasteiger partial charge in [-0.1, -0.05) is 29.5 Å². The Bertz CT molecular complexity index is 1760. The number of hydrogen-bond donors (Lipinski definition) is 1. The highest BCUT2D eigenvalue weighted by atomic mass is 32.2. The fraction of sp³-hybridized carbons (Fsp3) is 0.370. The molecule has 0 radical (unpaired) electrons. The van der Waals surface area contributed by atoms with E-state index in [2.05, 4.69) is 30.6 Å². The van der Waals surface area contributed by atoms with Gasteiger partial charge in [-0.2, -0.15) is 14.6 Å². The van der Waals surface area contributed by atoms with Crippen molar-refractivity contribution < 1.29 is 13.2 Å². The van der Waals surface area contributed by atoms with Crippen molar-refractivity contribution in [2.24, 2.45) is 11.8 Å². The van der Waals surface area contributed by atoms with Gasteiger partial charge in [-0.25, -0.2) is 22.2 Å². The number of carbonyl (C=O) groups excluding carboxylic acids is 1. The zero-order valence-corrected chi connectivity index (χ0v) is 25.1. The normalized spacial score (nSPS) is 20.2. The van der Waals surface area contributed by atoms with Crippen LogP contribution >= 0.6 is 23.3 Å². The van der Waals surface area contributed by atoms with E-state index in [-0.39, 0.29) is 22.6 Å². The predicted molar refractivity (Wildman–Crippen MR) is 159 cm³/mol. The molecule has 1 saturated heterocycles. The number of nitriles is 1. The molecule has 41 heavy (non-hydrogen) atoms. The summed E-state index contributed by atoms with van der Waals surface area (Å²) in [6, 6.07) is 10.6. The van der Waals surface area contributed by atoms with Crippen molar-refractivity contribution in [1.82, 2.24) is 23.2 Å². The second kappa shape index (κ2) is 10.6. The third-order valence-electron chi connectivity index (χ3n) is 8.07. The van der Waals surface area contributed by atoms with Crippen LogP contribution in [0.25, 0.3) is 11.0 Å². The zero-order valence-electron chi connectivity index (χ0n) is 22.7. The van der Waals surface area contributed by atoms with Gasteiger partial charge in [0.15, 0.2) is 5.65 Å². The average molecular weight is 609 g/mol. The Balaban J connectivity index is 1.21. The molecule has 0 bridgehead atoms. The van der Waals surface area contributed by atoms with Crippen LogP contribution in [-0.2, 0) is 10.0 Å². The summed E-state index contributed by atoms with van der Waals surface area (Å²) >= 11 is 2.61. The number of pyridine rings is 1. The maximum atomic E-state index is 13.5. The molecule has 4 heterocycles. The molecule has 6 rings (SSSR count). The van der Waals surface area contributed by atoms with Gasteiger partial charge in [-0.3, -0.25) is 5.32 Å². The molecule has 2 aliphatic rings. The molecule has 4 aromatic rings. The van der Waals surface area contributed by atoms with Gasteiger partial charge < -0.3 is 9.80 Å². The third kappa shape index (κ3) is 4.92. The van der Waals surface area contributed by atoms with Crippen LogP contribution in [0.1, 0.15) is 24.0 Å². The summed E-state index contributed by atoms with van der Waals surface area (Å²) in [6.07, 6.45) is 6.56. The van der Waals surface area contributed by atoms with Gasteiger partial charge in [-0.05, 0) is 56.1 Å². The Kier molecular flexibility index (Phi) is 7.13. The number of likely N-dealkylation sites (tertiary alicyclic amines) is 1.